The molecule has 238 valence electrons. The smallest absolute Gasteiger partial charge is 0.166 e. The first-order chi connectivity index (χ1) is 24.8. The molecule has 1 spiro atoms. The number of ether oxygens (including phenoxy) is 1. The van der Waals surface area contributed by atoms with Gasteiger partial charge in [-0.15, -0.1) is 0 Å². The summed E-state index contributed by atoms with van der Waals surface area (Å²) in [6.07, 6.45) is 16.7. The van der Waals surface area contributed by atoms with E-state index >= 15 is 0 Å². The molecule has 2 unspecified atom stereocenters. The molecule has 5 nitrogen and oxygen atoms in total. The highest BCUT2D eigenvalue weighted by Gasteiger charge is 2.56. The van der Waals surface area contributed by atoms with Crippen molar-refractivity contribution >= 4 is 11.1 Å². The molecule has 3 heterocycles. The molecule has 50 heavy (non-hydrogen) atoms. The van der Waals surface area contributed by atoms with E-state index in [-0.39, 0.29) is 12.0 Å². The fourth-order valence-electron chi connectivity index (χ4n) is 8.40. The Morgan fingerprint density at radius 3 is 2.10 bits per heavy atom. The standard InChI is InChI=1S/C45H32N4O/c1-3-14-29(15-4-1)42-47-43(30-16-5-2-6-17-30)49-44(48-42)34-20-13-27-46-41(34)31-25-26-40-38(28-31)45(37-23-11-12-24-39(37)50-40)35-21-9-7-18-32(35)33-19-8-10-22-36(33)45/h1-5,7-16,18-28,38,40H,6,17H2. The minimum atomic E-state index is -0.445. The zero-order valence-electron chi connectivity index (χ0n) is 27.3. The van der Waals surface area contributed by atoms with Crippen LogP contribution < -0.4 is 4.74 Å². The van der Waals surface area contributed by atoms with Crippen LogP contribution in [0, 0.1) is 5.92 Å². The summed E-state index contributed by atoms with van der Waals surface area (Å²) in [6, 6.07) is 40.5. The molecule has 5 heteroatoms. The van der Waals surface area contributed by atoms with E-state index in [0.717, 1.165) is 46.6 Å². The molecule has 4 aromatic carbocycles. The van der Waals surface area contributed by atoms with Crippen molar-refractivity contribution in [1.29, 1.82) is 0 Å². The predicted octanol–water partition coefficient (Wildman–Crippen LogP) is 9.68. The Morgan fingerprint density at radius 1 is 0.640 bits per heavy atom. The van der Waals surface area contributed by atoms with Crippen LogP contribution in [0.2, 0.25) is 0 Å². The van der Waals surface area contributed by atoms with Crippen LogP contribution in [0.25, 0.3) is 45.0 Å². The number of para-hydroxylation sites is 1. The monoisotopic (exact) mass is 644 g/mol. The highest BCUT2D eigenvalue weighted by molar-refractivity contribution is 5.88. The first-order valence-corrected chi connectivity index (χ1v) is 17.3. The van der Waals surface area contributed by atoms with E-state index < -0.39 is 5.41 Å². The maximum atomic E-state index is 6.80. The Hall–Kier alpha value is -6.20. The number of nitrogens with zero attached hydrogens (tertiary/aromatic N) is 4. The van der Waals surface area contributed by atoms with Crippen molar-refractivity contribution in [2.24, 2.45) is 5.92 Å². The fraction of sp³-hybridized carbons (Fsp3) is 0.111. The summed E-state index contributed by atoms with van der Waals surface area (Å²) in [5.74, 6) is 2.86. The second kappa shape index (κ2) is 11.5. The molecule has 0 saturated carbocycles. The molecule has 0 radical (unpaired) electrons. The molecule has 0 N–H and O–H groups in total. The molecule has 3 aliphatic carbocycles. The van der Waals surface area contributed by atoms with Crippen molar-refractivity contribution in [2.75, 3.05) is 0 Å². The van der Waals surface area contributed by atoms with Crippen molar-refractivity contribution in [3.63, 3.8) is 0 Å². The Kier molecular flexibility index (Phi) is 6.59. The SMILES string of the molecule is C1=CCCC(c2nc(-c3ccccc3)nc(-c3cccnc3C3=CC4C(C=C3)Oc3ccccc3C43c4ccccc4-c4ccccc43)n2)=C1. The minimum Gasteiger partial charge on any atom is -0.485 e. The molecule has 0 bridgehead atoms. The molecule has 0 fully saturated rings. The number of hydrogen-bond donors (Lipinski definition) is 0. The quantitative estimate of drug-likeness (QED) is 0.191. The van der Waals surface area contributed by atoms with Gasteiger partial charge >= 0.3 is 0 Å². The Morgan fingerprint density at radius 2 is 1.32 bits per heavy atom. The van der Waals surface area contributed by atoms with Gasteiger partial charge in [0.2, 0.25) is 0 Å². The average Bonchev–Trinajstić information content (AvgIpc) is 3.49. The summed E-state index contributed by atoms with van der Waals surface area (Å²) in [5.41, 5.74) is 10.7. The van der Waals surface area contributed by atoms with E-state index in [9.17, 15) is 0 Å². The second-order valence-corrected chi connectivity index (χ2v) is 13.2. The first-order valence-electron chi connectivity index (χ1n) is 17.3. The normalized spacial score (nSPS) is 19.0. The lowest BCUT2D eigenvalue weighted by molar-refractivity contribution is 0.142. The molecule has 0 saturated heterocycles. The average molecular weight is 645 g/mol. The van der Waals surface area contributed by atoms with Crippen molar-refractivity contribution < 1.29 is 4.74 Å². The largest absolute Gasteiger partial charge is 0.485 e. The van der Waals surface area contributed by atoms with E-state index in [4.69, 9.17) is 24.7 Å². The van der Waals surface area contributed by atoms with Crippen LogP contribution in [0.3, 0.4) is 0 Å². The topological polar surface area (TPSA) is 60.8 Å². The van der Waals surface area contributed by atoms with Gasteiger partial charge in [-0.1, -0.05) is 127 Å². The number of allylic oxidation sites excluding steroid dienone is 6. The van der Waals surface area contributed by atoms with Crippen molar-refractivity contribution in [2.45, 2.75) is 24.4 Å². The molecule has 2 atom stereocenters. The Bertz CT molecular complexity index is 2390. The van der Waals surface area contributed by atoms with Crippen LogP contribution in [-0.4, -0.2) is 26.0 Å². The van der Waals surface area contributed by atoms with Crippen LogP contribution in [0.4, 0.5) is 0 Å². The van der Waals surface area contributed by atoms with Gasteiger partial charge in [0.15, 0.2) is 17.5 Å². The van der Waals surface area contributed by atoms with E-state index in [2.05, 4.69) is 115 Å². The molecule has 2 aromatic heterocycles. The third-order valence-corrected chi connectivity index (χ3v) is 10.5. The van der Waals surface area contributed by atoms with Crippen LogP contribution >= 0.6 is 0 Å². The van der Waals surface area contributed by atoms with E-state index in [0.29, 0.717) is 17.5 Å². The van der Waals surface area contributed by atoms with Gasteiger partial charge in [-0.25, -0.2) is 15.0 Å². The molecule has 0 amide bonds. The molecule has 4 aliphatic rings. The van der Waals surface area contributed by atoms with Gasteiger partial charge in [0, 0.05) is 28.8 Å². The highest BCUT2D eigenvalue weighted by atomic mass is 16.5. The summed E-state index contributed by atoms with van der Waals surface area (Å²) in [7, 11) is 0. The van der Waals surface area contributed by atoms with E-state index in [1.165, 1.54) is 27.8 Å². The van der Waals surface area contributed by atoms with Gasteiger partial charge in [0.1, 0.15) is 11.9 Å². The maximum absolute atomic E-state index is 6.80. The van der Waals surface area contributed by atoms with Gasteiger partial charge in [-0.3, -0.25) is 4.98 Å². The summed E-state index contributed by atoms with van der Waals surface area (Å²) in [5, 5.41) is 0. The van der Waals surface area contributed by atoms with Crippen molar-refractivity contribution in [3.8, 4) is 39.7 Å². The van der Waals surface area contributed by atoms with Crippen LogP contribution in [0.1, 0.15) is 41.1 Å². The van der Waals surface area contributed by atoms with Gasteiger partial charge in [0.05, 0.1) is 11.1 Å². The first kappa shape index (κ1) is 28.8. The van der Waals surface area contributed by atoms with Gasteiger partial charge in [-0.05, 0) is 70.5 Å². The van der Waals surface area contributed by atoms with Crippen LogP contribution in [0.15, 0.2) is 158 Å². The molecule has 10 rings (SSSR count). The summed E-state index contributed by atoms with van der Waals surface area (Å²) in [6.45, 7) is 0. The number of aromatic nitrogens is 4. The van der Waals surface area contributed by atoms with Gasteiger partial charge in [0.25, 0.3) is 0 Å². The third-order valence-electron chi connectivity index (χ3n) is 10.5. The molecule has 1 aliphatic heterocycles. The summed E-state index contributed by atoms with van der Waals surface area (Å²) >= 11 is 0. The summed E-state index contributed by atoms with van der Waals surface area (Å²) in [4.78, 5) is 20.2. The fourth-order valence-corrected chi connectivity index (χ4v) is 8.40. The lowest BCUT2D eigenvalue weighted by atomic mass is 9.59. The number of pyridine rings is 1. The van der Waals surface area contributed by atoms with Crippen molar-refractivity contribution in [1.82, 2.24) is 19.9 Å². The lowest BCUT2D eigenvalue weighted by Gasteiger charge is -2.47. The van der Waals surface area contributed by atoms with Crippen LogP contribution in [-0.2, 0) is 5.41 Å². The zero-order valence-corrected chi connectivity index (χ0v) is 27.3. The number of hydrogen-bond acceptors (Lipinski definition) is 5. The van der Waals surface area contributed by atoms with Crippen LogP contribution in [0.5, 0.6) is 5.75 Å². The Balaban J connectivity index is 1.17. The molecule has 6 aromatic rings. The highest BCUT2D eigenvalue weighted by Crippen LogP contribution is 2.62. The summed E-state index contributed by atoms with van der Waals surface area (Å²) < 4.78 is 6.80. The van der Waals surface area contributed by atoms with Gasteiger partial charge < -0.3 is 4.74 Å². The number of fused-ring (bicyclic) bond motifs is 9. The van der Waals surface area contributed by atoms with E-state index in [1.807, 2.05) is 42.6 Å². The lowest BCUT2D eigenvalue weighted by Crippen LogP contribution is -2.47. The second-order valence-electron chi connectivity index (χ2n) is 13.2. The van der Waals surface area contributed by atoms with Gasteiger partial charge in [-0.2, -0.15) is 0 Å². The number of rotatable bonds is 4. The predicted molar refractivity (Wildman–Crippen MR) is 198 cm³/mol. The third kappa shape index (κ3) is 4.33. The number of benzene rings is 4. The minimum absolute atomic E-state index is 0.0370. The molecular formula is C45H32N4O. The Labute approximate surface area is 291 Å². The van der Waals surface area contributed by atoms with E-state index in [1.54, 1.807) is 0 Å². The maximum Gasteiger partial charge on any atom is 0.166 e. The van der Waals surface area contributed by atoms with Crippen molar-refractivity contribution in [3.05, 3.63) is 186 Å². The zero-order chi connectivity index (χ0) is 33.1. The molecular weight excluding hydrogens is 613 g/mol.